The molecule has 0 amide bonds. The minimum absolute atomic E-state index is 0.480. The van der Waals surface area contributed by atoms with Crippen molar-refractivity contribution in [3.05, 3.63) is 0 Å². The van der Waals surface area contributed by atoms with Gasteiger partial charge in [-0.1, -0.05) is 6.42 Å². The summed E-state index contributed by atoms with van der Waals surface area (Å²) in [5.74, 6) is 0. The van der Waals surface area contributed by atoms with E-state index in [0.29, 0.717) is 6.54 Å². The highest BCUT2D eigenvalue weighted by atomic mass is 15.1. The second kappa shape index (κ2) is 5.99. The topological polar surface area (TPSA) is 39.1 Å². The molecule has 1 aliphatic rings. The molecule has 3 heteroatoms. The quantitative estimate of drug-likeness (QED) is 0.492. The van der Waals surface area contributed by atoms with Gasteiger partial charge in [-0.25, -0.2) is 0 Å². The first-order valence-electron chi connectivity index (χ1n) is 4.73. The SMILES string of the molecule is N#CCNCCN1CCCCC1. The maximum atomic E-state index is 8.28. The average Bonchev–Trinajstić information content (AvgIpc) is 2.14. The Morgan fingerprint density at radius 3 is 2.67 bits per heavy atom. The van der Waals surface area contributed by atoms with Gasteiger partial charge in [0.25, 0.3) is 0 Å². The third-order valence-corrected chi connectivity index (χ3v) is 2.26. The zero-order valence-corrected chi connectivity index (χ0v) is 7.55. The van der Waals surface area contributed by atoms with Crippen molar-refractivity contribution in [2.24, 2.45) is 0 Å². The van der Waals surface area contributed by atoms with Gasteiger partial charge in [-0.3, -0.25) is 0 Å². The second-order valence-electron chi connectivity index (χ2n) is 3.24. The minimum atomic E-state index is 0.480. The van der Waals surface area contributed by atoms with Gasteiger partial charge in [0.15, 0.2) is 0 Å². The highest BCUT2D eigenvalue weighted by molar-refractivity contribution is 4.73. The Kier molecular flexibility index (Phi) is 4.74. The number of hydrogen-bond acceptors (Lipinski definition) is 3. The van der Waals surface area contributed by atoms with E-state index in [9.17, 15) is 0 Å². The first-order valence-corrected chi connectivity index (χ1v) is 4.73. The van der Waals surface area contributed by atoms with Gasteiger partial charge >= 0.3 is 0 Å². The molecule has 0 radical (unpaired) electrons. The number of rotatable bonds is 4. The molecule has 0 aliphatic carbocycles. The molecular weight excluding hydrogens is 150 g/mol. The fraction of sp³-hybridized carbons (Fsp3) is 0.889. The van der Waals surface area contributed by atoms with Crippen molar-refractivity contribution in [1.29, 1.82) is 5.26 Å². The van der Waals surface area contributed by atoms with Crippen molar-refractivity contribution in [1.82, 2.24) is 10.2 Å². The lowest BCUT2D eigenvalue weighted by Gasteiger charge is -2.26. The Hall–Kier alpha value is -0.590. The molecule has 1 aliphatic heterocycles. The predicted molar refractivity (Wildman–Crippen MR) is 48.8 cm³/mol. The number of likely N-dealkylation sites (tertiary alicyclic amines) is 1. The number of piperidine rings is 1. The zero-order valence-electron chi connectivity index (χ0n) is 7.55. The maximum Gasteiger partial charge on any atom is 0.0841 e. The Balaban J connectivity index is 1.95. The van der Waals surface area contributed by atoms with Crippen molar-refractivity contribution >= 4 is 0 Å². The van der Waals surface area contributed by atoms with Gasteiger partial charge in [-0.2, -0.15) is 5.26 Å². The highest BCUT2D eigenvalue weighted by Crippen LogP contribution is 2.06. The van der Waals surface area contributed by atoms with Crippen molar-refractivity contribution in [3.8, 4) is 6.07 Å². The van der Waals surface area contributed by atoms with Crippen LogP contribution in [0.2, 0.25) is 0 Å². The summed E-state index contributed by atoms with van der Waals surface area (Å²) >= 11 is 0. The van der Waals surface area contributed by atoms with Crippen LogP contribution in [0.5, 0.6) is 0 Å². The van der Waals surface area contributed by atoms with Crippen molar-refractivity contribution in [2.75, 3.05) is 32.7 Å². The van der Waals surface area contributed by atoms with Crippen LogP contribution < -0.4 is 5.32 Å². The van der Waals surface area contributed by atoms with Crippen LogP contribution in [0.1, 0.15) is 19.3 Å². The molecule has 1 fully saturated rings. The third-order valence-electron chi connectivity index (χ3n) is 2.26. The summed E-state index contributed by atoms with van der Waals surface area (Å²) in [5, 5.41) is 11.4. The Morgan fingerprint density at radius 1 is 1.25 bits per heavy atom. The van der Waals surface area contributed by atoms with E-state index in [0.717, 1.165) is 13.1 Å². The lowest BCUT2D eigenvalue weighted by Crippen LogP contribution is -2.35. The lowest BCUT2D eigenvalue weighted by molar-refractivity contribution is 0.230. The van der Waals surface area contributed by atoms with Gasteiger partial charge in [-0.05, 0) is 25.9 Å². The minimum Gasteiger partial charge on any atom is -0.303 e. The first-order chi connectivity index (χ1) is 5.93. The molecule has 0 saturated carbocycles. The molecule has 0 aromatic heterocycles. The van der Waals surface area contributed by atoms with Gasteiger partial charge in [0.05, 0.1) is 12.6 Å². The van der Waals surface area contributed by atoms with Gasteiger partial charge in [0.2, 0.25) is 0 Å². The molecule has 0 aromatic carbocycles. The van der Waals surface area contributed by atoms with Crippen LogP contribution in [0.4, 0.5) is 0 Å². The second-order valence-corrected chi connectivity index (χ2v) is 3.24. The molecule has 0 unspecified atom stereocenters. The highest BCUT2D eigenvalue weighted by Gasteiger charge is 2.08. The summed E-state index contributed by atoms with van der Waals surface area (Å²) in [4.78, 5) is 2.47. The van der Waals surface area contributed by atoms with Gasteiger partial charge in [-0.15, -0.1) is 0 Å². The molecular formula is C9H17N3. The number of nitrogens with zero attached hydrogens (tertiary/aromatic N) is 2. The third kappa shape index (κ3) is 3.70. The van der Waals surface area contributed by atoms with Crippen LogP contribution in [-0.4, -0.2) is 37.6 Å². The van der Waals surface area contributed by atoms with Crippen LogP contribution in [-0.2, 0) is 0 Å². The Morgan fingerprint density at radius 2 is 2.00 bits per heavy atom. The van der Waals surface area contributed by atoms with E-state index < -0.39 is 0 Å². The van der Waals surface area contributed by atoms with E-state index in [1.165, 1.54) is 32.4 Å². The molecule has 0 bridgehead atoms. The molecule has 0 aromatic rings. The van der Waals surface area contributed by atoms with Crippen LogP contribution >= 0.6 is 0 Å². The normalized spacial score (nSPS) is 18.9. The molecule has 68 valence electrons. The average molecular weight is 167 g/mol. The Labute approximate surface area is 74.4 Å². The molecule has 1 saturated heterocycles. The fourth-order valence-electron chi connectivity index (χ4n) is 1.56. The summed E-state index contributed by atoms with van der Waals surface area (Å²) in [7, 11) is 0. The molecule has 12 heavy (non-hydrogen) atoms. The summed E-state index contributed by atoms with van der Waals surface area (Å²) in [6.07, 6.45) is 4.08. The summed E-state index contributed by atoms with van der Waals surface area (Å²) < 4.78 is 0. The van der Waals surface area contributed by atoms with E-state index in [1.54, 1.807) is 0 Å². The van der Waals surface area contributed by atoms with Crippen molar-refractivity contribution in [2.45, 2.75) is 19.3 Å². The monoisotopic (exact) mass is 167 g/mol. The van der Waals surface area contributed by atoms with E-state index in [1.807, 2.05) is 0 Å². The van der Waals surface area contributed by atoms with Gasteiger partial charge < -0.3 is 10.2 Å². The van der Waals surface area contributed by atoms with Crippen molar-refractivity contribution < 1.29 is 0 Å². The first kappa shape index (κ1) is 9.50. The fourth-order valence-corrected chi connectivity index (χ4v) is 1.56. The lowest BCUT2D eigenvalue weighted by atomic mass is 10.1. The van der Waals surface area contributed by atoms with Crippen molar-refractivity contribution in [3.63, 3.8) is 0 Å². The summed E-state index contributed by atoms with van der Waals surface area (Å²) in [6.45, 7) is 5.02. The molecule has 0 spiro atoms. The van der Waals surface area contributed by atoms with Gasteiger partial charge in [0.1, 0.15) is 0 Å². The number of hydrogen-bond donors (Lipinski definition) is 1. The van der Waals surface area contributed by atoms with Crippen LogP contribution in [0.3, 0.4) is 0 Å². The smallest absolute Gasteiger partial charge is 0.0841 e. The Bertz CT molecular complexity index is 144. The standard InChI is InChI=1S/C9H17N3/c10-4-5-11-6-9-12-7-2-1-3-8-12/h11H,1-3,5-9H2. The van der Waals surface area contributed by atoms with Crippen LogP contribution in [0, 0.1) is 11.3 Å². The van der Waals surface area contributed by atoms with E-state index >= 15 is 0 Å². The number of nitriles is 1. The molecule has 0 atom stereocenters. The van der Waals surface area contributed by atoms with E-state index in [4.69, 9.17) is 5.26 Å². The molecule has 1 rings (SSSR count). The summed E-state index contributed by atoms with van der Waals surface area (Å²) in [5.41, 5.74) is 0. The molecule has 1 N–H and O–H groups in total. The van der Waals surface area contributed by atoms with E-state index in [2.05, 4.69) is 16.3 Å². The van der Waals surface area contributed by atoms with E-state index in [-0.39, 0.29) is 0 Å². The number of nitrogens with one attached hydrogen (secondary N) is 1. The van der Waals surface area contributed by atoms with Crippen LogP contribution in [0.15, 0.2) is 0 Å². The van der Waals surface area contributed by atoms with Crippen LogP contribution in [0.25, 0.3) is 0 Å². The maximum absolute atomic E-state index is 8.28. The molecule has 1 heterocycles. The summed E-state index contributed by atoms with van der Waals surface area (Å²) in [6, 6.07) is 2.08. The molecule has 3 nitrogen and oxygen atoms in total. The van der Waals surface area contributed by atoms with Gasteiger partial charge in [0, 0.05) is 13.1 Å². The largest absolute Gasteiger partial charge is 0.303 e. The zero-order chi connectivity index (χ0) is 8.65. The predicted octanol–water partition coefficient (Wildman–Crippen LogP) is 0.585.